The molecule has 1 unspecified atom stereocenters. The molecule has 1 heterocycles. The monoisotopic (exact) mass is 271 g/mol. The van der Waals surface area contributed by atoms with Crippen molar-refractivity contribution in [2.24, 2.45) is 5.92 Å². The molecule has 1 aromatic heterocycles. The fourth-order valence-corrected chi connectivity index (χ4v) is 3.53. The standard InChI is InChI=1S/C17H21NS/c1-13-4-2-5-14(12-13)9-10-18-17(15-7-8-15)16-6-3-11-19-16/h2-6,11-12,15,17-18H,7-10H2,1H3. The molecular weight excluding hydrogens is 250 g/mol. The van der Waals surface area contributed by atoms with Crippen molar-refractivity contribution >= 4 is 11.3 Å². The lowest BCUT2D eigenvalue weighted by Gasteiger charge is -2.17. The minimum absolute atomic E-state index is 0.588. The lowest BCUT2D eigenvalue weighted by atomic mass is 10.1. The number of benzene rings is 1. The molecule has 0 aliphatic heterocycles. The van der Waals surface area contributed by atoms with Crippen LogP contribution in [0.3, 0.4) is 0 Å². The highest BCUT2D eigenvalue weighted by atomic mass is 32.1. The van der Waals surface area contributed by atoms with Gasteiger partial charge in [0.05, 0.1) is 0 Å². The number of hydrogen-bond acceptors (Lipinski definition) is 2. The van der Waals surface area contributed by atoms with Gasteiger partial charge in [-0.25, -0.2) is 0 Å². The lowest BCUT2D eigenvalue weighted by Crippen LogP contribution is -2.24. The van der Waals surface area contributed by atoms with Gasteiger partial charge in [-0.3, -0.25) is 0 Å². The first-order valence-corrected chi connectivity index (χ1v) is 8.03. The van der Waals surface area contributed by atoms with Gasteiger partial charge in [-0.15, -0.1) is 11.3 Å². The van der Waals surface area contributed by atoms with Crippen LogP contribution >= 0.6 is 11.3 Å². The molecule has 19 heavy (non-hydrogen) atoms. The summed E-state index contributed by atoms with van der Waals surface area (Å²) in [5.74, 6) is 0.871. The summed E-state index contributed by atoms with van der Waals surface area (Å²) in [5.41, 5.74) is 2.79. The van der Waals surface area contributed by atoms with Crippen LogP contribution in [0.4, 0.5) is 0 Å². The summed E-state index contributed by atoms with van der Waals surface area (Å²) in [5, 5.41) is 5.95. The molecule has 1 atom stereocenters. The molecule has 3 rings (SSSR count). The van der Waals surface area contributed by atoms with Crippen LogP contribution in [0, 0.1) is 12.8 Å². The summed E-state index contributed by atoms with van der Waals surface area (Å²) in [4.78, 5) is 1.51. The number of rotatable bonds is 6. The van der Waals surface area contributed by atoms with Gasteiger partial charge in [-0.2, -0.15) is 0 Å². The Hall–Kier alpha value is -1.12. The fraction of sp³-hybridized carbons (Fsp3) is 0.412. The zero-order valence-corrected chi connectivity index (χ0v) is 12.2. The summed E-state index contributed by atoms with van der Waals surface area (Å²) < 4.78 is 0. The van der Waals surface area contributed by atoms with Gasteiger partial charge in [0.1, 0.15) is 0 Å². The molecule has 2 aromatic rings. The van der Waals surface area contributed by atoms with E-state index < -0.39 is 0 Å². The van der Waals surface area contributed by atoms with E-state index in [2.05, 4.69) is 54.0 Å². The molecule has 1 aromatic carbocycles. The van der Waals surface area contributed by atoms with Gasteiger partial charge in [0.25, 0.3) is 0 Å². The van der Waals surface area contributed by atoms with Crippen LogP contribution in [0.25, 0.3) is 0 Å². The van der Waals surface area contributed by atoms with Gasteiger partial charge in [-0.1, -0.05) is 35.9 Å². The Labute approximate surface area is 119 Å². The van der Waals surface area contributed by atoms with E-state index in [9.17, 15) is 0 Å². The maximum absolute atomic E-state index is 3.76. The summed E-state index contributed by atoms with van der Waals surface area (Å²) in [7, 11) is 0. The minimum atomic E-state index is 0.588. The predicted molar refractivity (Wildman–Crippen MR) is 82.7 cm³/mol. The van der Waals surface area contributed by atoms with E-state index >= 15 is 0 Å². The second-order valence-corrected chi connectivity index (χ2v) is 6.50. The third kappa shape index (κ3) is 3.46. The van der Waals surface area contributed by atoms with E-state index in [0.29, 0.717) is 6.04 Å². The van der Waals surface area contributed by atoms with Gasteiger partial charge in [-0.05, 0) is 55.7 Å². The topological polar surface area (TPSA) is 12.0 Å². The van der Waals surface area contributed by atoms with Crippen molar-refractivity contribution in [1.29, 1.82) is 0 Å². The molecule has 0 bridgehead atoms. The van der Waals surface area contributed by atoms with Crippen molar-refractivity contribution in [3.63, 3.8) is 0 Å². The Bertz CT molecular complexity index is 514. The highest BCUT2D eigenvalue weighted by Gasteiger charge is 2.32. The third-order valence-electron chi connectivity index (χ3n) is 3.80. The van der Waals surface area contributed by atoms with E-state index in [4.69, 9.17) is 0 Å². The summed E-state index contributed by atoms with van der Waals surface area (Å²) in [6.07, 6.45) is 3.90. The van der Waals surface area contributed by atoms with Crippen LogP contribution in [0.1, 0.15) is 34.9 Å². The number of hydrogen-bond donors (Lipinski definition) is 1. The van der Waals surface area contributed by atoms with Crippen molar-refractivity contribution in [2.75, 3.05) is 6.54 Å². The van der Waals surface area contributed by atoms with Crippen LogP contribution in [-0.4, -0.2) is 6.54 Å². The molecule has 1 aliphatic rings. The van der Waals surface area contributed by atoms with Gasteiger partial charge in [0.2, 0.25) is 0 Å². The Morgan fingerprint density at radius 3 is 2.84 bits per heavy atom. The first-order valence-electron chi connectivity index (χ1n) is 7.15. The minimum Gasteiger partial charge on any atom is -0.309 e. The summed E-state index contributed by atoms with van der Waals surface area (Å²) in [6.45, 7) is 3.23. The zero-order chi connectivity index (χ0) is 13.1. The van der Waals surface area contributed by atoms with Gasteiger partial charge in [0, 0.05) is 10.9 Å². The first-order chi connectivity index (χ1) is 9.33. The predicted octanol–water partition coefficient (Wildman–Crippen LogP) is 4.34. The van der Waals surface area contributed by atoms with Gasteiger partial charge >= 0.3 is 0 Å². The SMILES string of the molecule is Cc1cccc(CCNC(c2cccs2)C2CC2)c1. The largest absolute Gasteiger partial charge is 0.309 e. The van der Waals surface area contributed by atoms with Crippen molar-refractivity contribution < 1.29 is 0 Å². The fourth-order valence-electron chi connectivity index (χ4n) is 2.64. The summed E-state index contributed by atoms with van der Waals surface area (Å²) >= 11 is 1.89. The van der Waals surface area contributed by atoms with Crippen LogP contribution in [0.15, 0.2) is 41.8 Å². The molecule has 100 valence electrons. The summed E-state index contributed by atoms with van der Waals surface area (Å²) in [6, 6.07) is 13.9. The van der Waals surface area contributed by atoms with E-state index in [1.54, 1.807) is 0 Å². The zero-order valence-electron chi connectivity index (χ0n) is 11.4. The quantitative estimate of drug-likeness (QED) is 0.824. The molecule has 2 heteroatoms. The second kappa shape index (κ2) is 5.89. The Morgan fingerprint density at radius 2 is 2.16 bits per heavy atom. The third-order valence-corrected chi connectivity index (χ3v) is 4.76. The highest BCUT2D eigenvalue weighted by molar-refractivity contribution is 7.10. The Morgan fingerprint density at radius 1 is 1.26 bits per heavy atom. The van der Waals surface area contributed by atoms with Gasteiger partial charge in [0.15, 0.2) is 0 Å². The van der Waals surface area contributed by atoms with Crippen molar-refractivity contribution in [2.45, 2.75) is 32.2 Å². The van der Waals surface area contributed by atoms with Crippen LogP contribution in [0.5, 0.6) is 0 Å². The average molecular weight is 271 g/mol. The Balaban J connectivity index is 1.56. The van der Waals surface area contributed by atoms with Crippen LogP contribution < -0.4 is 5.32 Å². The molecular formula is C17H21NS. The smallest absolute Gasteiger partial charge is 0.0443 e. The maximum atomic E-state index is 3.76. The number of aryl methyl sites for hydroxylation is 1. The normalized spacial score (nSPS) is 16.5. The average Bonchev–Trinajstić information content (AvgIpc) is 3.09. The molecule has 1 N–H and O–H groups in total. The molecule has 0 saturated heterocycles. The molecule has 1 fully saturated rings. The van der Waals surface area contributed by atoms with Crippen molar-refractivity contribution in [3.8, 4) is 0 Å². The number of thiophene rings is 1. The first kappa shape index (κ1) is 12.9. The highest BCUT2D eigenvalue weighted by Crippen LogP contribution is 2.42. The molecule has 1 saturated carbocycles. The number of nitrogens with one attached hydrogen (secondary N) is 1. The van der Waals surface area contributed by atoms with E-state index in [0.717, 1.165) is 18.9 Å². The maximum Gasteiger partial charge on any atom is 0.0443 e. The van der Waals surface area contributed by atoms with Gasteiger partial charge < -0.3 is 5.32 Å². The van der Waals surface area contributed by atoms with E-state index in [1.165, 1.54) is 28.8 Å². The van der Waals surface area contributed by atoms with E-state index in [-0.39, 0.29) is 0 Å². The molecule has 1 aliphatic carbocycles. The van der Waals surface area contributed by atoms with E-state index in [1.807, 2.05) is 11.3 Å². The van der Waals surface area contributed by atoms with Crippen LogP contribution in [-0.2, 0) is 6.42 Å². The molecule has 0 radical (unpaired) electrons. The lowest BCUT2D eigenvalue weighted by molar-refractivity contribution is 0.491. The molecule has 0 spiro atoms. The molecule has 0 amide bonds. The second-order valence-electron chi connectivity index (χ2n) is 5.52. The van der Waals surface area contributed by atoms with Crippen molar-refractivity contribution in [1.82, 2.24) is 5.32 Å². The molecule has 1 nitrogen and oxygen atoms in total. The van der Waals surface area contributed by atoms with Crippen molar-refractivity contribution in [3.05, 3.63) is 57.8 Å². The Kier molecular flexibility index (Phi) is 4.00. The van der Waals surface area contributed by atoms with Crippen LogP contribution in [0.2, 0.25) is 0 Å².